The minimum atomic E-state index is -3.57. The predicted molar refractivity (Wildman–Crippen MR) is 76.1 cm³/mol. The molecule has 8 heteroatoms. The molecule has 0 amide bonds. The van der Waals surface area contributed by atoms with Gasteiger partial charge in [-0.3, -0.25) is 9.78 Å². The van der Waals surface area contributed by atoms with Crippen molar-refractivity contribution in [2.24, 2.45) is 0 Å². The van der Waals surface area contributed by atoms with Crippen LogP contribution >= 0.6 is 0 Å². The third-order valence-corrected chi connectivity index (χ3v) is 5.07. The monoisotopic (exact) mass is 317 g/mol. The van der Waals surface area contributed by atoms with Gasteiger partial charge in [-0.2, -0.15) is 0 Å². The standard InChI is InChI=1S/C13H19NO6S/c1-9(7-12(15)19-3)21(16,17)8-10-13(20-4)11(18-2)5-6-14-10/h5-6,9H,7-8H2,1-4H3. The molecule has 7 nitrogen and oxygen atoms in total. The molecule has 1 atom stereocenters. The van der Waals surface area contributed by atoms with Gasteiger partial charge in [0.05, 0.1) is 38.8 Å². The first-order chi connectivity index (χ1) is 9.85. The molecule has 0 spiro atoms. The first kappa shape index (κ1) is 17.2. The number of hydrogen-bond acceptors (Lipinski definition) is 7. The number of carbonyl (C=O) groups excluding carboxylic acids is 1. The minimum absolute atomic E-state index is 0.203. The normalized spacial score (nSPS) is 12.6. The topological polar surface area (TPSA) is 91.8 Å². The van der Waals surface area contributed by atoms with Crippen LogP contribution in [0.15, 0.2) is 12.3 Å². The Hall–Kier alpha value is -1.83. The van der Waals surface area contributed by atoms with Crippen molar-refractivity contribution < 1.29 is 27.4 Å². The second kappa shape index (κ2) is 7.26. The van der Waals surface area contributed by atoms with Crippen LogP contribution in [0.2, 0.25) is 0 Å². The average molecular weight is 317 g/mol. The van der Waals surface area contributed by atoms with Crippen LogP contribution in [-0.2, 0) is 25.1 Å². The zero-order chi connectivity index (χ0) is 16.0. The van der Waals surface area contributed by atoms with Crippen LogP contribution in [0.1, 0.15) is 19.0 Å². The first-order valence-electron chi connectivity index (χ1n) is 6.20. The number of aromatic nitrogens is 1. The van der Waals surface area contributed by atoms with Crippen LogP contribution in [0.25, 0.3) is 0 Å². The maximum absolute atomic E-state index is 12.3. The predicted octanol–water partition coefficient (Wildman–Crippen LogP) is 0.965. The summed E-state index contributed by atoms with van der Waals surface area (Å²) in [5.41, 5.74) is 0.244. The lowest BCUT2D eigenvalue weighted by Gasteiger charge is -2.14. The van der Waals surface area contributed by atoms with Gasteiger partial charge in [0.15, 0.2) is 21.3 Å². The number of carbonyl (C=O) groups is 1. The maximum Gasteiger partial charge on any atom is 0.306 e. The molecule has 0 N–H and O–H groups in total. The number of ether oxygens (including phenoxy) is 3. The lowest BCUT2D eigenvalue weighted by molar-refractivity contribution is -0.140. The van der Waals surface area contributed by atoms with Crippen molar-refractivity contribution in [2.75, 3.05) is 21.3 Å². The summed E-state index contributed by atoms with van der Waals surface area (Å²) in [6, 6.07) is 1.58. The van der Waals surface area contributed by atoms with E-state index in [9.17, 15) is 13.2 Å². The van der Waals surface area contributed by atoms with Crippen molar-refractivity contribution in [1.29, 1.82) is 0 Å². The fraction of sp³-hybridized carbons (Fsp3) is 0.538. The maximum atomic E-state index is 12.3. The van der Waals surface area contributed by atoms with Gasteiger partial charge >= 0.3 is 5.97 Å². The molecule has 0 aliphatic rings. The molecule has 1 heterocycles. The van der Waals surface area contributed by atoms with Crippen LogP contribution in [0, 0.1) is 0 Å². The lowest BCUT2D eigenvalue weighted by atomic mass is 10.3. The Morgan fingerprint density at radius 3 is 2.48 bits per heavy atom. The van der Waals surface area contributed by atoms with Gasteiger partial charge in [-0.05, 0) is 6.92 Å². The number of pyridine rings is 1. The van der Waals surface area contributed by atoms with Crippen LogP contribution in [-0.4, -0.2) is 46.0 Å². The summed E-state index contributed by atoms with van der Waals surface area (Å²) in [6.07, 6.45) is 1.24. The number of nitrogens with zero attached hydrogens (tertiary/aromatic N) is 1. The summed E-state index contributed by atoms with van der Waals surface area (Å²) in [4.78, 5) is 15.2. The van der Waals surface area contributed by atoms with Gasteiger partial charge in [-0.1, -0.05) is 0 Å². The molecule has 1 unspecified atom stereocenters. The Kier molecular flexibility index (Phi) is 5.95. The largest absolute Gasteiger partial charge is 0.493 e. The van der Waals surface area contributed by atoms with Crippen LogP contribution in [0.5, 0.6) is 11.5 Å². The van der Waals surface area contributed by atoms with Crippen LogP contribution in [0.4, 0.5) is 0 Å². The Balaban J connectivity index is 3.01. The summed E-state index contributed by atoms with van der Waals surface area (Å²) in [5.74, 6) is -0.241. The van der Waals surface area contributed by atoms with Gasteiger partial charge in [0.1, 0.15) is 5.69 Å². The highest BCUT2D eigenvalue weighted by Crippen LogP contribution is 2.30. The second-order valence-electron chi connectivity index (χ2n) is 4.39. The zero-order valence-electron chi connectivity index (χ0n) is 12.5. The van der Waals surface area contributed by atoms with E-state index >= 15 is 0 Å². The van der Waals surface area contributed by atoms with Gasteiger partial charge in [0.2, 0.25) is 0 Å². The number of hydrogen-bond donors (Lipinski definition) is 0. The van der Waals surface area contributed by atoms with Gasteiger partial charge in [0.25, 0.3) is 0 Å². The Labute approximate surface area is 124 Å². The quantitative estimate of drug-likeness (QED) is 0.692. The van der Waals surface area contributed by atoms with Crippen molar-refractivity contribution in [1.82, 2.24) is 4.98 Å². The molecule has 0 aliphatic heterocycles. The van der Waals surface area contributed by atoms with Crippen LogP contribution < -0.4 is 9.47 Å². The molecule has 1 rings (SSSR count). The summed E-state index contributed by atoms with van der Waals surface area (Å²) >= 11 is 0. The van der Waals surface area contributed by atoms with Crippen LogP contribution in [0.3, 0.4) is 0 Å². The molecule has 118 valence electrons. The van der Waals surface area contributed by atoms with E-state index in [0.717, 1.165) is 0 Å². The molecule has 0 bridgehead atoms. The zero-order valence-corrected chi connectivity index (χ0v) is 13.3. The summed E-state index contributed by atoms with van der Waals surface area (Å²) < 4.78 is 39.3. The molecule has 0 aliphatic carbocycles. The Bertz CT molecular complexity index is 599. The van der Waals surface area contributed by atoms with E-state index in [0.29, 0.717) is 5.75 Å². The highest BCUT2D eigenvalue weighted by atomic mass is 32.2. The molecule has 0 radical (unpaired) electrons. The SMILES string of the molecule is COC(=O)CC(C)S(=O)(=O)Cc1nccc(OC)c1OC. The molecule has 1 aromatic heterocycles. The van der Waals surface area contributed by atoms with Crippen molar-refractivity contribution in [3.8, 4) is 11.5 Å². The number of rotatable bonds is 7. The lowest BCUT2D eigenvalue weighted by Crippen LogP contribution is -2.24. The highest BCUT2D eigenvalue weighted by molar-refractivity contribution is 7.91. The second-order valence-corrected chi connectivity index (χ2v) is 6.81. The summed E-state index contributed by atoms with van der Waals surface area (Å²) in [7, 11) is 0.506. The van der Waals surface area contributed by atoms with E-state index in [1.54, 1.807) is 6.07 Å². The highest BCUT2D eigenvalue weighted by Gasteiger charge is 2.27. The molecule has 1 aromatic rings. The van der Waals surface area contributed by atoms with Gasteiger partial charge < -0.3 is 14.2 Å². The molecule has 0 fully saturated rings. The van der Waals surface area contributed by atoms with E-state index in [1.165, 1.54) is 34.4 Å². The van der Waals surface area contributed by atoms with Crippen molar-refractivity contribution >= 4 is 15.8 Å². The number of methoxy groups -OCH3 is 3. The van der Waals surface area contributed by atoms with Gasteiger partial charge in [-0.25, -0.2) is 8.42 Å². The molecular weight excluding hydrogens is 298 g/mol. The third kappa shape index (κ3) is 4.32. The fourth-order valence-electron chi connectivity index (χ4n) is 1.73. The number of esters is 1. The molecule has 0 saturated carbocycles. The van der Waals surface area contributed by atoms with Gasteiger partial charge in [0, 0.05) is 12.3 Å². The van der Waals surface area contributed by atoms with Crippen molar-refractivity contribution in [2.45, 2.75) is 24.3 Å². The van der Waals surface area contributed by atoms with E-state index in [-0.39, 0.29) is 23.6 Å². The van der Waals surface area contributed by atoms with Crippen molar-refractivity contribution in [3.63, 3.8) is 0 Å². The molecular formula is C13H19NO6S. The third-order valence-electron chi connectivity index (χ3n) is 3.00. The number of sulfone groups is 1. The molecule has 0 saturated heterocycles. The average Bonchev–Trinajstić information content (AvgIpc) is 2.46. The summed E-state index contributed by atoms with van der Waals surface area (Å²) in [6.45, 7) is 1.46. The molecule has 21 heavy (non-hydrogen) atoms. The summed E-state index contributed by atoms with van der Waals surface area (Å²) in [5, 5.41) is -0.873. The first-order valence-corrected chi connectivity index (χ1v) is 7.91. The fourth-order valence-corrected chi connectivity index (χ4v) is 2.99. The smallest absolute Gasteiger partial charge is 0.306 e. The van der Waals surface area contributed by atoms with E-state index < -0.39 is 21.1 Å². The van der Waals surface area contributed by atoms with E-state index in [1.807, 2.05) is 0 Å². The van der Waals surface area contributed by atoms with E-state index in [4.69, 9.17) is 9.47 Å². The van der Waals surface area contributed by atoms with Crippen molar-refractivity contribution in [3.05, 3.63) is 18.0 Å². The molecule has 0 aromatic carbocycles. The van der Waals surface area contributed by atoms with Gasteiger partial charge in [-0.15, -0.1) is 0 Å². The Morgan fingerprint density at radius 2 is 1.95 bits per heavy atom. The minimum Gasteiger partial charge on any atom is -0.493 e. The van der Waals surface area contributed by atoms with E-state index in [2.05, 4.69) is 9.72 Å². The Morgan fingerprint density at radius 1 is 1.29 bits per heavy atom.